The van der Waals surface area contributed by atoms with Crippen LogP contribution >= 0.6 is 0 Å². The first-order valence-corrected chi connectivity index (χ1v) is 7.38. The minimum Gasteiger partial charge on any atom is -0.305 e. The molecule has 0 aromatic heterocycles. The molecular weight excluding hydrogens is 250 g/mol. The van der Waals surface area contributed by atoms with Crippen LogP contribution < -0.4 is 4.90 Å². The van der Waals surface area contributed by atoms with E-state index in [1.165, 1.54) is 17.2 Å². The number of aryl methyl sites for hydroxylation is 1. The fraction of sp³-hybridized carbons (Fsp3) is 0.308. The van der Waals surface area contributed by atoms with E-state index >= 15 is 0 Å². The Morgan fingerprint density at radius 2 is 2.11 bits per heavy atom. The van der Waals surface area contributed by atoms with Gasteiger partial charge in [-0.1, -0.05) is 12.1 Å². The third kappa shape index (κ3) is 2.61. The zero-order chi connectivity index (χ0) is 13.3. The third-order valence-corrected chi connectivity index (χ3v) is 4.24. The van der Waals surface area contributed by atoms with Crippen molar-refractivity contribution >= 4 is 21.4 Å². The normalized spacial score (nSPS) is 20.9. The number of hydrogen-bond acceptors (Lipinski definition) is 3. The summed E-state index contributed by atoms with van der Waals surface area (Å²) in [5, 5.41) is 1.18. The van der Waals surface area contributed by atoms with Crippen molar-refractivity contribution in [2.45, 2.75) is 19.9 Å². The molecule has 2 rings (SSSR count). The number of hydrogen-bond donors (Lipinski definition) is 0. The number of benzene rings is 1. The second kappa shape index (κ2) is 4.57. The van der Waals surface area contributed by atoms with Gasteiger partial charge in [-0.15, -0.1) is 0 Å². The molecule has 1 heterocycles. The summed E-state index contributed by atoms with van der Waals surface area (Å²) in [6.07, 6.45) is 1.57. The first-order valence-electron chi connectivity index (χ1n) is 5.66. The van der Waals surface area contributed by atoms with Crippen molar-refractivity contribution in [2.24, 2.45) is 0 Å². The summed E-state index contributed by atoms with van der Waals surface area (Å²) < 4.78 is 22.9. The second-order valence-corrected chi connectivity index (χ2v) is 6.38. The molecule has 1 atom stereocenters. The quantitative estimate of drug-likeness (QED) is 0.817. The van der Waals surface area contributed by atoms with Crippen LogP contribution in [0.3, 0.4) is 0 Å². The van der Waals surface area contributed by atoms with Crippen LogP contribution in [0.4, 0.5) is 5.69 Å². The van der Waals surface area contributed by atoms with Crippen LogP contribution in [0.25, 0.3) is 0 Å². The SMILES string of the molecule is CC(=O)N(c1cccc(C)c1)C1C=CS(=O)(=O)C1. The van der Waals surface area contributed by atoms with Crippen molar-refractivity contribution in [3.05, 3.63) is 41.3 Å². The maximum atomic E-state index is 11.8. The van der Waals surface area contributed by atoms with Crippen LogP contribution in [0.5, 0.6) is 0 Å². The van der Waals surface area contributed by atoms with Gasteiger partial charge in [0.2, 0.25) is 5.91 Å². The van der Waals surface area contributed by atoms with Gasteiger partial charge in [0.05, 0.1) is 11.8 Å². The summed E-state index contributed by atoms with van der Waals surface area (Å²) in [4.78, 5) is 13.3. The van der Waals surface area contributed by atoms with E-state index < -0.39 is 15.9 Å². The van der Waals surface area contributed by atoms with E-state index in [1.54, 1.807) is 6.08 Å². The molecule has 0 aliphatic carbocycles. The fourth-order valence-corrected chi connectivity index (χ4v) is 3.37. The Kier molecular flexibility index (Phi) is 3.26. The molecular formula is C13H15NO3S. The Labute approximate surface area is 107 Å². The summed E-state index contributed by atoms with van der Waals surface area (Å²) in [7, 11) is -3.17. The highest BCUT2D eigenvalue weighted by molar-refractivity contribution is 7.94. The fourth-order valence-electron chi connectivity index (χ4n) is 2.10. The molecule has 0 saturated heterocycles. The molecule has 1 aliphatic rings. The van der Waals surface area contributed by atoms with Crippen LogP contribution in [0.2, 0.25) is 0 Å². The zero-order valence-electron chi connectivity index (χ0n) is 10.3. The molecule has 96 valence electrons. The van der Waals surface area contributed by atoms with Gasteiger partial charge in [-0.05, 0) is 30.7 Å². The van der Waals surface area contributed by atoms with Crippen molar-refractivity contribution in [2.75, 3.05) is 10.7 Å². The Morgan fingerprint density at radius 1 is 1.39 bits per heavy atom. The Morgan fingerprint density at radius 3 is 2.61 bits per heavy atom. The van der Waals surface area contributed by atoms with Gasteiger partial charge in [-0.2, -0.15) is 0 Å². The molecule has 0 radical (unpaired) electrons. The van der Waals surface area contributed by atoms with E-state index in [9.17, 15) is 13.2 Å². The van der Waals surface area contributed by atoms with Gasteiger partial charge in [0.25, 0.3) is 0 Å². The number of amides is 1. The van der Waals surface area contributed by atoms with Gasteiger partial charge in [0.1, 0.15) is 0 Å². The van der Waals surface area contributed by atoms with Crippen LogP contribution in [-0.4, -0.2) is 26.1 Å². The number of nitrogens with zero attached hydrogens (tertiary/aromatic N) is 1. The van der Waals surface area contributed by atoms with E-state index in [2.05, 4.69) is 0 Å². The standard InChI is InChI=1S/C13H15NO3S/c1-10-4-3-5-12(8-10)14(11(2)15)13-6-7-18(16,17)9-13/h3-8,13H,9H2,1-2H3. The number of rotatable bonds is 2. The number of sulfone groups is 1. The summed E-state index contributed by atoms with van der Waals surface area (Å²) in [5.41, 5.74) is 1.76. The largest absolute Gasteiger partial charge is 0.305 e. The number of carbonyl (C=O) groups is 1. The van der Waals surface area contributed by atoms with E-state index in [0.717, 1.165) is 11.3 Å². The van der Waals surface area contributed by atoms with Gasteiger partial charge in [-0.25, -0.2) is 8.42 Å². The Hall–Kier alpha value is -1.62. The molecule has 0 spiro atoms. The Bertz CT molecular complexity index is 604. The molecule has 5 heteroatoms. The molecule has 0 N–H and O–H groups in total. The van der Waals surface area contributed by atoms with E-state index in [-0.39, 0.29) is 11.7 Å². The second-order valence-electron chi connectivity index (χ2n) is 4.45. The van der Waals surface area contributed by atoms with Gasteiger partial charge >= 0.3 is 0 Å². The van der Waals surface area contributed by atoms with E-state index in [4.69, 9.17) is 0 Å². The maximum absolute atomic E-state index is 11.8. The Balaban J connectivity index is 2.37. The van der Waals surface area contributed by atoms with Gasteiger partial charge in [-0.3, -0.25) is 4.79 Å². The van der Waals surface area contributed by atoms with Crippen LogP contribution in [-0.2, 0) is 14.6 Å². The summed E-state index contributed by atoms with van der Waals surface area (Å²) in [6.45, 7) is 3.38. The third-order valence-electron chi connectivity index (χ3n) is 2.86. The van der Waals surface area contributed by atoms with Crippen LogP contribution in [0, 0.1) is 6.92 Å². The monoisotopic (exact) mass is 265 g/mol. The minimum atomic E-state index is -3.17. The molecule has 1 aromatic rings. The van der Waals surface area contributed by atoms with Crippen molar-refractivity contribution in [3.8, 4) is 0 Å². The average molecular weight is 265 g/mol. The molecule has 1 unspecified atom stereocenters. The minimum absolute atomic E-state index is 0.0411. The lowest BCUT2D eigenvalue weighted by atomic mass is 10.1. The predicted octanol–water partition coefficient (Wildman–Crippen LogP) is 1.66. The molecule has 1 amide bonds. The molecule has 0 saturated carbocycles. The number of carbonyl (C=O) groups excluding carboxylic acids is 1. The van der Waals surface area contributed by atoms with Crippen molar-refractivity contribution in [1.29, 1.82) is 0 Å². The lowest BCUT2D eigenvalue weighted by molar-refractivity contribution is -0.116. The zero-order valence-corrected chi connectivity index (χ0v) is 11.1. The first-order chi connectivity index (χ1) is 8.39. The average Bonchev–Trinajstić information content (AvgIpc) is 2.58. The van der Waals surface area contributed by atoms with E-state index in [0.29, 0.717) is 0 Å². The van der Waals surface area contributed by atoms with E-state index in [1.807, 2.05) is 31.2 Å². The molecule has 1 aromatic carbocycles. The lowest BCUT2D eigenvalue weighted by Gasteiger charge is -2.26. The van der Waals surface area contributed by atoms with Crippen molar-refractivity contribution in [1.82, 2.24) is 0 Å². The smallest absolute Gasteiger partial charge is 0.224 e. The topological polar surface area (TPSA) is 54.5 Å². The molecule has 0 bridgehead atoms. The van der Waals surface area contributed by atoms with Crippen LogP contribution in [0.1, 0.15) is 12.5 Å². The molecule has 18 heavy (non-hydrogen) atoms. The highest BCUT2D eigenvalue weighted by Crippen LogP contribution is 2.23. The summed E-state index contributed by atoms with van der Waals surface area (Å²) in [6, 6.07) is 7.07. The lowest BCUT2D eigenvalue weighted by Crippen LogP contribution is -2.39. The molecule has 1 aliphatic heterocycles. The first kappa shape index (κ1) is 12.8. The molecule has 0 fully saturated rings. The van der Waals surface area contributed by atoms with Crippen LogP contribution in [0.15, 0.2) is 35.7 Å². The van der Waals surface area contributed by atoms with Gasteiger partial charge in [0.15, 0.2) is 9.84 Å². The highest BCUT2D eigenvalue weighted by Gasteiger charge is 2.29. The highest BCUT2D eigenvalue weighted by atomic mass is 32.2. The van der Waals surface area contributed by atoms with Gasteiger partial charge in [0, 0.05) is 18.0 Å². The number of anilines is 1. The van der Waals surface area contributed by atoms with Crippen molar-refractivity contribution in [3.63, 3.8) is 0 Å². The van der Waals surface area contributed by atoms with Gasteiger partial charge < -0.3 is 4.90 Å². The predicted molar refractivity (Wildman–Crippen MR) is 71.1 cm³/mol. The molecule has 4 nitrogen and oxygen atoms in total. The summed E-state index contributed by atoms with van der Waals surface area (Å²) >= 11 is 0. The maximum Gasteiger partial charge on any atom is 0.224 e. The summed E-state index contributed by atoms with van der Waals surface area (Å²) in [5.74, 6) is -0.201. The van der Waals surface area contributed by atoms with Crippen molar-refractivity contribution < 1.29 is 13.2 Å².